The fourth-order valence-corrected chi connectivity index (χ4v) is 1.65. The largest absolute Gasteiger partial charge is 0.478 e. The molecule has 1 unspecified atom stereocenters. The van der Waals surface area contributed by atoms with Crippen molar-refractivity contribution in [1.82, 2.24) is 19.9 Å². The first kappa shape index (κ1) is 12.5. The van der Waals surface area contributed by atoms with Gasteiger partial charge in [-0.3, -0.25) is 0 Å². The Kier molecular flexibility index (Phi) is 3.29. The fraction of sp³-hybridized carbons (Fsp3) is 0.417. The highest BCUT2D eigenvalue weighted by atomic mass is 16.4. The van der Waals surface area contributed by atoms with Crippen LogP contribution < -0.4 is 0 Å². The minimum absolute atomic E-state index is 0.232. The molecule has 6 nitrogen and oxygen atoms in total. The molecule has 1 atom stereocenters. The van der Waals surface area contributed by atoms with Crippen molar-refractivity contribution in [3.63, 3.8) is 0 Å². The minimum Gasteiger partial charge on any atom is -0.478 e. The maximum Gasteiger partial charge on any atom is 0.335 e. The van der Waals surface area contributed by atoms with E-state index in [9.17, 15) is 4.79 Å². The number of hydrogen-bond acceptors (Lipinski definition) is 4. The van der Waals surface area contributed by atoms with Crippen molar-refractivity contribution in [2.24, 2.45) is 0 Å². The van der Waals surface area contributed by atoms with Crippen molar-refractivity contribution >= 4 is 17.0 Å². The van der Waals surface area contributed by atoms with Gasteiger partial charge in [0, 0.05) is 6.04 Å². The Labute approximate surface area is 105 Å². The maximum absolute atomic E-state index is 10.9. The van der Waals surface area contributed by atoms with E-state index in [1.807, 2.05) is 14.1 Å². The molecule has 2 rings (SSSR count). The molecule has 18 heavy (non-hydrogen) atoms. The van der Waals surface area contributed by atoms with E-state index in [1.165, 1.54) is 0 Å². The molecule has 1 aromatic heterocycles. The molecular formula is C12H16N4O2. The number of likely N-dealkylation sites (N-methyl/N-ethyl adjacent to an activating group) is 1. The number of fused-ring (bicyclic) bond motifs is 1. The summed E-state index contributed by atoms with van der Waals surface area (Å²) in [6.07, 6.45) is 0. The number of nitrogens with zero attached hydrogens (tertiary/aromatic N) is 4. The fourth-order valence-electron chi connectivity index (χ4n) is 1.65. The standard InChI is InChI=1S/C12H16N4O2/c1-8(15(2)3)7-16-11-5-4-9(12(17)18)6-10(11)13-14-16/h4-6,8H,7H2,1-3H3,(H,17,18). The van der Waals surface area contributed by atoms with Crippen LogP contribution in [-0.2, 0) is 6.54 Å². The zero-order valence-electron chi connectivity index (χ0n) is 10.7. The van der Waals surface area contributed by atoms with Crippen LogP contribution in [0.1, 0.15) is 17.3 Å². The van der Waals surface area contributed by atoms with E-state index >= 15 is 0 Å². The SMILES string of the molecule is CC(Cn1nnc2cc(C(=O)O)ccc21)N(C)C. The summed E-state index contributed by atoms with van der Waals surface area (Å²) in [4.78, 5) is 13.0. The average molecular weight is 248 g/mol. The number of carboxylic acids is 1. The predicted octanol–water partition coefficient (Wildman–Crippen LogP) is 1.08. The first-order valence-corrected chi connectivity index (χ1v) is 5.72. The van der Waals surface area contributed by atoms with E-state index in [-0.39, 0.29) is 5.56 Å². The van der Waals surface area contributed by atoms with Crippen LogP contribution in [0.3, 0.4) is 0 Å². The summed E-state index contributed by atoms with van der Waals surface area (Å²) in [6.45, 7) is 2.81. The molecule has 0 bridgehead atoms. The molecule has 1 heterocycles. The zero-order chi connectivity index (χ0) is 13.3. The van der Waals surface area contributed by atoms with Crippen molar-refractivity contribution in [1.29, 1.82) is 0 Å². The summed E-state index contributed by atoms with van der Waals surface area (Å²) in [5, 5.41) is 17.0. The molecular weight excluding hydrogens is 232 g/mol. The molecule has 0 radical (unpaired) electrons. The highest BCUT2D eigenvalue weighted by molar-refractivity contribution is 5.92. The van der Waals surface area contributed by atoms with E-state index in [2.05, 4.69) is 22.1 Å². The lowest BCUT2D eigenvalue weighted by atomic mass is 10.2. The lowest BCUT2D eigenvalue weighted by Gasteiger charge is -2.19. The van der Waals surface area contributed by atoms with Gasteiger partial charge >= 0.3 is 5.97 Å². The Morgan fingerprint density at radius 3 is 2.83 bits per heavy atom. The molecule has 0 saturated carbocycles. The van der Waals surface area contributed by atoms with Gasteiger partial charge in [-0.15, -0.1) is 5.10 Å². The van der Waals surface area contributed by atoms with Crippen LogP contribution >= 0.6 is 0 Å². The number of carboxylic acid groups (broad SMARTS) is 1. The minimum atomic E-state index is -0.951. The normalized spacial score (nSPS) is 13.1. The monoisotopic (exact) mass is 248 g/mol. The Balaban J connectivity index is 2.34. The average Bonchev–Trinajstić information content (AvgIpc) is 2.71. The van der Waals surface area contributed by atoms with Crippen LogP contribution in [0.15, 0.2) is 18.2 Å². The first-order chi connectivity index (χ1) is 8.49. The Hall–Kier alpha value is -1.95. The third kappa shape index (κ3) is 2.33. The molecule has 1 aromatic carbocycles. The predicted molar refractivity (Wildman–Crippen MR) is 67.6 cm³/mol. The molecule has 0 spiro atoms. The van der Waals surface area contributed by atoms with Gasteiger partial charge in [-0.2, -0.15) is 0 Å². The lowest BCUT2D eigenvalue weighted by Crippen LogP contribution is -2.29. The van der Waals surface area contributed by atoms with E-state index < -0.39 is 5.97 Å². The van der Waals surface area contributed by atoms with Crippen molar-refractivity contribution in [2.75, 3.05) is 14.1 Å². The maximum atomic E-state index is 10.9. The third-order valence-corrected chi connectivity index (χ3v) is 3.08. The summed E-state index contributed by atoms with van der Waals surface area (Å²) in [7, 11) is 4.01. The van der Waals surface area contributed by atoms with Gasteiger partial charge in [-0.05, 0) is 39.2 Å². The molecule has 0 amide bonds. The lowest BCUT2D eigenvalue weighted by molar-refractivity contribution is 0.0697. The van der Waals surface area contributed by atoms with Crippen LogP contribution in [0.25, 0.3) is 11.0 Å². The second kappa shape index (κ2) is 4.73. The molecule has 96 valence electrons. The number of benzene rings is 1. The number of aromatic nitrogens is 3. The van der Waals surface area contributed by atoms with Gasteiger partial charge in [-0.1, -0.05) is 5.21 Å². The summed E-state index contributed by atoms with van der Waals surface area (Å²) < 4.78 is 1.80. The number of rotatable bonds is 4. The molecule has 1 N–H and O–H groups in total. The van der Waals surface area contributed by atoms with Crippen molar-refractivity contribution in [3.05, 3.63) is 23.8 Å². The topological polar surface area (TPSA) is 71.2 Å². The van der Waals surface area contributed by atoms with Crippen LogP contribution in [0, 0.1) is 0 Å². The van der Waals surface area contributed by atoms with Crippen LogP contribution in [0.2, 0.25) is 0 Å². The van der Waals surface area contributed by atoms with Gasteiger partial charge in [0.1, 0.15) is 5.52 Å². The van der Waals surface area contributed by atoms with E-state index in [0.717, 1.165) is 12.1 Å². The van der Waals surface area contributed by atoms with Crippen molar-refractivity contribution in [3.8, 4) is 0 Å². The summed E-state index contributed by atoms with van der Waals surface area (Å²) in [5.41, 5.74) is 1.70. The van der Waals surface area contributed by atoms with Crippen LogP contribution in [-0.4, -0.2) is 51.1 Å². The molecule has 0 fully saturated rings. The van der Waals surface area contributed by atoms with Crippen LogP contribution in [0.4, 0.5) is 0 Å². The third-order valence-electron chi connectivity index (χ3n) is 3.08. The smallest absolute Gasteiger partial charge is 0.335 e. The summed E-state index contributed by atoms with van der Waals surface area (Å²) in [6, 6.07) is 5.20. The molecule has 0 saturated heterocycles. The Morgan fingerprint density at radius 1 is 1.50 bits per heavy atom. The Bertz CT molecular complexity index is 576. The first-order valence-electron chi connectivity index (χ1n) is 5.72. The molecule has 6 heteroatoms. The number of aromatic carboxylic acids is 1. The van der Waals surface area contributed by atoms with Gasteiger partial charge < -0.3 is 10.0 Å². The van der Waals surface area contributed by atoms with Crippen LogP contribution in [0.5, 0.6) is 0 Å². The molecule has 0 aliphatic rings. The summed E-state index contributed by atoms with van der Waals surface area (Å²) in [5.74, 6) is -0.951. The number of hydrogen-bond donors (Lipinski definition) is 1. The van der Waals surface area contributed by atoms with E-state index in [4.69, 9.17) is 5.11 Å². The highest BCUT2D eigenvalue weighted by Gasteiger charge is 2.12. The number of carbonyl (C=O) groups is 1. The van der Waals surface area contributed by atoms with Gasteiger partial charge in [0.25, 0.3) is 0 Å². The molecule has 0 aliphatic heterocycles. The van der Waals surface area contributed by atoms with Crippen molar-refractivity contribution < 1.29 is 9.90 Å². The Morgan fingerprint density at radius 2 is 2.22 bits per heavy atom. The highest BCUT2D eigenvalue weighted by Crippen LogP contribution is 2.14. The van der Waals surface area contributed by atoms with Crippen molar-refractivity contribution in [2.45, 2.75) is 19.5 Å². The van der Waals surface area contributed by atoms with Gasteiger partial charge in [0.2, 0.25) is 0 Å². The quantitative estimate of drug-likeness (QED) is 0.876. The second-order valence-electron chi connectivity index (χ2n) is 4.59. The summed E-state index contributed by atoms with van der Waals surface area (Å²) >= 11 is 0. The van der Waals surface area contributed by atoms with Gasteiger partial charge in [-0.25, -0.2) is 9.48 Å². The van der Waals surface area contributed by atoms with Gasteiger partial charge in [0.15, 0.2) is 0 Å². The van der Waals surface area contributed by atoms with E-state index in [0.29, 0.717) is 11.6 Å². The molecule has 2 aromatic rings. The zero-order valence-corrected chi connectivity index (χ0v) is 10.7. The van der Waals surface area contributed by atoms with Gasteiger partial charge in [0.05, 0.1) is 17.6 Å². The second-order valence-corrected chi connectivity index (χ2v) is 4.59. The van der Waals surface area contributed by atoms with E-state index in [1.54, 1.807) is 22.9 Å². The molecule has 0 aliphatic carbocycles.